The molecule has 2 aromatic rings. The molecule has 2 N–H and O–H groups in total. The molecule has 1 aromatic carbocycles. The molecule has 1 unspecified atom stereocenters. The Kier molecular flexibility index (Phi) is 5.52. The van der Waals surface area contributed by atoms with Gasteiger partial charge in [-0.25, -0.2) is 4.98 Å². The summed E-state index contributed by atoms with van der Waals surface area (Å²) in [5.74, 6) is 0.602. The van der Waals surface area contributed by atoms with Gasteiger partial charge in [-0.2, -0.15) is 0 Å². The van der Waals surface area contributed by atoms with Crippen molar-refractivity contribution >= 4 is 11.7 Å². The summed E-state index contributed by atoms with van der Waals surface area (Å²) in [5, 5.41) is 6.11. The summed E-state index contributed by atoms with van der Waals surface area (Å²) < 4.78 is 0. The molecule has 0 saturated carbocycles. The second kappa shape index (κ2) is 7.58. The quantitative estimate of drug-likeness (QED) is 0.798. The number of rotatable bonds is 6. The second-order valence-corrected chi connectivity index (χ2v) is 5.59. The van der Waals surface area contributed by atoms with Crippen LogP contribution in [-0.4, -0.2) is 17.4 Å². The lowest BCUT2D eigenvalue weighted by molar-refractivity contribution is 0.0957. The minimum atomic E-state index is -0.147. The number of carbonyl (C=O) groups is 1. The summed E-state index contributed by atoms with van der Waals surface area (Å²) in [5.41, 5.74) is 4.35. The highest BCUT2D eigenvalue weighted by Gasteiger charge is 2.11. The van der Waals surface area contributed by atoms with E-state index < -0.39 is 0 Å². The molecular weight excluding hydrogens is 286 g/mol. The van der Waals surface area contributed by atoms with Crippen LogP contribution in [0.25, 0.3) is 0 Å². The molecule has 120 valence electrons. The Labute approximate surface area is 137 Å². The molecule has 0 aliphatic carbocycles. The second-order valence-electron chi connectivity index (χ2n) is 5.59. The van der Waals surface area contributed by atoms with Gasteiger partial charge in [0, 0.05) is 12.7 Å². The molecule has 0 aliphatic rings. The highest BCUT2D eigenvalue weighted by Crippen LogP contribution is 2.23. The smallest absolute Gasteiger partial charge is 0.253 e. The third-order valence-electron chi connectivity index (χ3n) is 3.91. The first-order valence-corrected chi connectivity index (χ1v) is 7.70. The van der Waals surface area contributed by atoms with Crippen LogP contribution in [0, 0.1) is 13.8 Å². The highest BCUT2D eigenvalue weighted by atomic mass is 16.1. The van der Waals surface area contributed by atoms with Crippen molar-refractivity contribution in [1.29, 1.82) is 0 Å². The predicted octanol–water partition coefficient (Wildman–Crippen LogP) is 3.79. The van der Waals surface area contributed by atoms with Crippen LogP contribution in [0.5, 0.6) is 0 Å². The summed E-state index contributed by atoms with van der Waals surface area (Å²) in [7, 11) is 0. The van der Waals surface area contributed by atoms with Crippen molar-refractivity contribution < 1.29 is 4.79 Å². The number of carbonyl (C=O) groups excluding carboxylic acids is 1. The Balaban J connectivity index is 2.07. The highest BCUT2D eigenvalue weighted by molar-refractivity contribution is 5.94. The number of nitrogens with one attached hydrogen (secondary N) is 2. The van der Waals surface area contributed by atoms with Crippen molar-refractivity contribution in [3.8, 4) is 0 Å². The van der Waals surface area contributed by atoms with E-state index in [4.69, 9.17) is 0 Å². The third-order valence-corrected chi connectivity index (χ3v) is 3.91. The third kappa shape index (κ3) is 4.19. The molecule has 0 fully saturated rings. The van der Waals surface area contributed by atoms with E-state index in [0.717, 1.165) is 5.82 Å². The van der Waals surface area contributed by atoms with Crippen molar-refractivity contribution in [3.05, 3.63) is 71.4 Å². The van der Waals surface area contributed by atoms with Gasteiger partial charge in [0.1, 0.15) is 5.82 Å². The Bertz CT molecular complexity index is 692. The molecule has 1 amide bonds. The van der Waals surface area contributed by atoms with Crippen LogP contribution < -0.4 is 10.6 Å². The van der Waals surface area contributed by atoms with Gasteiger partial charge in [-0.15, -0.1) is 6.58 Å². The van der Waals surface area contributed by atoms with Crippen LogP contribution in [0.15, 0.2) is 49.2 Å². The van der Waals surface area contributed by atoms with Crippen LogP contribution in [0.4, 0.5) is 5.82 Å². The summed E-state index contributed by atoms with van der Waals surface area (Å²) in [6, 6.07) is 10.0. The molecule has 2 rings (SSSR count). The minimum absolute atomic E-state index is 0.142. The van der Waals surface area contributed by atoms with E-state index in [1.54, 1.807) is 18.3 Å². The normalized spacial score (nSPS) is 11.6. The van der Waals surface area contributed by atoms with Crippen LogP contribution in [0.2, 0.25) is 0 Å². The molecule has 0 aliphatic heterocycles. The van der Waals surface area contributed by atoms with Crippen LogP contribution in [-0.2, 0) is 0 Å². The van der Waals surface area contributed by atoms with Gasteiger partial charge in [0.2, 0.25) is 0 Å². The largest absolute Gasteiger partial charge is 0.364 e. The molecule has 1 atom stereocenters. The predicted molar refractivity (Wildman–Crippen MR) is 94.7 cm³/mol. The number of nitrogens with zero attached hydrogens (tertiary/aromatic N) is 1. The first-order chi connectivity index (χ1) is 11.0. The monoisotopic (exact) mass is 309 g/mol. The van der Waals surface area contributed by atoms with Crippen LogP contribution in [0.3, 0.4) is 0 Å². The zero-order valence-electron chi connectivity index (χ0n) is 13.9. The SMILES string of the molecule is C=CCNC(=O)c1ccc(NC(C)c2cccc(C)c2C)nc1. The first kappa shape index (κ1) is 16.7. The summed E-state index contributed by atoms with van der Waals surface area (Å²) in [4.78, 5) is 16.1. The molecule has 0 saturated heterocycles. The van der Waals surface area contributed by atoms with E-state index in [-0.39, 0.29) is 11.9 Å². The van der Waals surface area contributed by atoms with E-state index in [0.29, 0.717) is 12.1 Å². The number of amides is 1. The van der Waals surface area contributed by atoms with Gasteiger partial charge in [-0.05, 0) is 49.6 Å². The van der Waals surface area contributed by atoms with Gasteiger partial charge in [-0.3, -0.25) is 4.79 Å². The average molecular weight is 309 g/mol. The van der Waals surface area contributed by atoms with Crippen molar-refractivity contribution in [2.75, 3.05) is 11.9 Å². The Hall–Kier alpha value is -2.62. The molecule has 0 radical (unpaired) electrons. The van der Waals surface area contributed by atoms with Gasteiger partial charge in [0.15, 0.2) is 0 Å². The standard InChI is InChI=1S/C19H23N3O/c1-5-11-20-19(23)16-9-10-18(21-12-16)22-15(4)17-8-6-7-13(2)14(17)3/h5-10,12,15H,1,11H2,2-4H3,(H,20,23)(H,21,22). The maximum Gasteiger partial charge on any atom is 0.253 e. The molecule has 4 heteroatoms. The number of hydrogen-bond acceptors (Lipinski definition) is 3. The lowest BCUT2D eigenvalue weighted by atomic mass is 9.98. The van der Waals surface area contributed by atoms with Gasteiger partial charge in [0.05, 0.1) is 11.6 Å². The topological polar surface area (TPSA) is 54.0 Å². The van der Waals surface area contributed by atoms with Crippen molar-refractivity contribution in [2.45, 2.75) is 26.8 Å². The Morgan fingerprint density at radius 3 is 2.74 bits per heavy atom. The zero-order valence-corrected chi connectivity index (χ0v) is 13.9. The Morgan fingerprint density at radius 1 is 1.30 bits per heavy atom. The number of pyridine rings is 1. The Morgan fingerprint density at radius 2 is 2.09 bits per heavy atom. The number of anilines is 1. The molecular formula is C19H23N3O. The summed E-state index contributed by atoms with van der Waals surface area (Å²) in [6.45, 7) is 10.4. The lowest BCUT2D eigenvalue weighted by Crippen LogP contribution is -2.23. The maximum atomic E-state index is 11.8. The number of hydrogen-bond donors (Lipinski definition) is 2. The minimum Gasteiger partial charge on any atom is -0.364 e. The fourth-order valence-corrected chi connectivity index (χ4v) is 2.42. The lowest BCUT2D eigenvalue weighted by Gasteiger charge is -2.18. The van der Waals surface area contributed by atoms with Gasteiger partial charge >= 0.3 is 0 Å². The maximum absolute atomic E-state index is 11.8. The number of benzene rings is 1. The van der Waals surface area contributed by atoms with Crippen molar-refractivity contribution in [3.63, 3.8) is 0 Å². The average Bonchev–Trinajstić information content (AvgIpc) is 2.55. The fourth-order valence-electron chi connectivity index (χ4n) is 2.42. The molecule has 23 heavy (non-hydrogen) atoms. The van der Waals surface area contributed by atoms with E-state index in [1.807, 2.05) is 6.07 Å². The van der Waals surface area contributed by atoms with Crippen LogP contribution in [0.1, 0.15) is 40.0 Å². The number of aryl methyl sites for hydroxylation is 1. The van der Waals surface area contributed by atoms with E-state index in [2.05, 4.69) is 61.2 Å². The van der Waals surface area contributed by atoms with Gasteiger partial charge in [-0.1, -0.05) is 24.3 Å². The zero-order chi connectivity index (χ0) is 16.8. The van der Waals surface area contributed by atoms with E-state index in [9.17, 15) is 4.79 Å². The van der Waals surface area contributed by atoms with E-state index in [1.165, 1.54) is 16.7 Å². The molecule has 1 heterocycles. The molecule has 0 bridgehead atoms. The molecule has 0 spiro atoms. The van der Waals surface area contributed by atoms with Crippen LogP contribution >= 0.6 is 0 Å². The summed E-state index contributed by atoms with van der Waals surface area (Å²) >= 11 is 0. The first-order valence-electron chi connectivity index (χ1n) is 7.70. The van der Waals surface area contributed by atoms with Crippen molar-refractivity contribution in [2.24, 2.45) is 0 Å². The fraction of sp³-hybridized carbons (Fsp3) is 0.263. The number of aromatic nitrogens is 1. The van der Waals surface area contributed by atoms with E-state index >= 15 is 0 Å². The summed E-state index contributed by atoms with van der Waals surface area (Å²) in [6.07, 6.45) is 3.23. The molecule has 1 aromatic heterocycles. The van der Waals surface area contributed by atoms with Gasteiger partial charge in [0.25, 0.3) is 5.91 Å². The van der Waals surface area contributed by atoms with Gasteiger partial charge < -0.3 is 10.6 Å². The molecule has 4 nitrogen and oxygen atoms in total. The van der Waals surface area contributed by atoms with Crippen molar-refractivity contribution in [1.82, 2.24) is 10.3 Å².